The lowest BCUT2D eigenvalue weighted by molar-refractivity contribution is -0.137. The third-order valence-corrected chi connectivity index (χ3v) is 1.98. The van der Waals surface area contributed by atoms with Crippen LogP contribution >= 0.6 is 0 Å². The number of ketones is 2. The molecule has 0 unspecified atom stereocenters. The maximum atomic E-state index is 11.0. The average Bonchev–Trinajstić information content (AvgIpc) is 2.22. The Bertz CT molecular complexity index is 419. The normalized spacial score (nSPS) is 10.5. The first-order valence-corrected chi connectivity index (χ1v) is 5.54. The van der Waals surface area contributed by atoms with Crippen molar-refractivity contribution in [3.05, 3.63) is 0 Å². The number of carbonyl (C=O) groups is 4. The predicted molar refractivity (Wildman–Crippen MR) is 52.8 cm³/mol. The molecule has 0 aromatic rings. The highest BCUT2D eigenvalue weighted by Gasteiger charge is 2.15. The fourth-order valence-electron chi connectivity index (χ4n) is 0.429. The van der Waals surface area contributed by atoms with E-state index in [1.54, 1.807) is 10.9 Å². The Balaban J connectivity index is 4.23. The molecule has 0 aliphatic rings. The molecule has 0 bridgehead atoms. The number of amides is 2. The summed E-state index contributed by atoms with van der Waals surface area (Å²) in [6, 6.07) is 0. The molecule has 0 rings (SSSR count). The van der Waals surface area contributed by atoms with Crippen molar-refractivity contribution in [3.8, 4) is 0 Å². The molecule has 17 heavy (non-hydrogen) atoms. The lowest BCUT2D eigenvalue weighted by Crippen LogP contribution is -2.54. The molecule has 0 fully saturated rings. The minimum atomic E-state index is -4.31. The van der Waals surface area contributed by atoms with E-state index in [0.29, 0.717) is 0 Å². The van der Waals surface area contributed by atoms with E-state index < -0.39 is 33.6 Å². The number of nitrogens with one attached hydrogen (secondary N) is 4. The van der Waals surface area contributed by atoms with Gasteiger partial charge in [-0.3, -0.25) is 30.0 Å². The predicted octanol–water partition coefficient (Wildman–Crippen LogP) is -3.35. The molecule has 0 spiro atoms. The van der Waals surface area contributed by atoms with E-state index in [4.69, 9.17) is 0 Å². The van der Waals surface area contributed by atoms with Crippen LogP contribution in [0, 0.1) is 0 Å². The van der Waals surface area contributed by atoms with Gasteiger partial charge < -0.3 is 0 Å². The van der Waals surface area contributed by atoms with Crippen molar-refractivity contribution >= 4 is 33.6 Å². The highest BCUT2D eigenvalue weighted by atomic mass is 32.2. The topological polar surface area (TPSA) is 151 Å². The smallest absolute Gasteiger partial charge is 0.289 e. The zero-order valence-corrected chi connectivity index (χ0v) is 9.67. The second-order valence-electron chi connectivity index (χ2n) is 2.73. The van der Waals surface area contributed by atoms with E-state index in [1.165, 1.54) is 9.66 Å². The summed E-state index contributed by atoms with van der Waals surface area (Å²) in [6.45, 7) is 1.85. The van der Waals surface area contributed by atoms with Crippen LogP contribution in [0.4, 0.5) is 0 Å². The van der Waals surface area contributed by atoms with Gasteiger partial charge in [-0.2, -0.15) is 8.42 Å². The molecule has 0 aliphatic carbocycles. The Kier molecular flexibility index (Phi) is 5.37. The molecule has 0 heterocycles. The standard InChI is InChI=1S/C6H10N4O6S/c1-3(11)5(13)7-9-17(15,16)10-8-6(14)4(2)12/h9-10H,1-2H3,(H,7,13)(H,8,14). The number of carbonyl (C=O) groups excluding carboxylic acids is 4. The van der Waals surface area contributed by atoms with Crippen molar-refractivity contribution in [2.45, 2.75) is 13.8 Å². The quantitative estimate of drug-likeness (QED) is 0.291. The Morgan fingerprint density at radius 1 is 0.765 bits per heavy atom. The van der Waals surface area contributed by atoms with E-state index in [2.05, 4.69) is 0 Å². The number of Topliss-reactive ketones (excluding diaryl/α,β-unsaturated/α-hetero) is 2. The van der Waals surface area contributed by atoms with Gasteiger partial charge in [0.15, 0.2) is 0 Å². The van der Waals surface area contributed by atoms with E-state index >= 15 is 0 Å². The van der Waals surface area contributed by atoms with Crippen LogP contribution in [0.25, 0.3) is 0 Å². The van der Waals surface area contributed by atoms with Crippen molar-refractivity contribution < 1.29 is 27.6 Å². The molecule has 4 N–H and O–H groups in total. The molecule has 11 heteroatoms. The first-order valence-electron chi connectivity index (χ1n) is 4.06. The number of hydrogen-bond donors (Lipinski definition) is 4. The van der Waals surface area contributed by atoms with Gasteiger partial charge in [-0.15, -0.1) is 9.66 Å². The van der Waals surface area contributed by atoms with Crippen molar-refractivity contribution in [3.63, 3.8) is 0 Å². The minimum Gasteiger partial charge on any atom is -0.289 e. The highest BCUT2D eigenvalue weighted by molar-refractivity contribution is 7.87. The Labute approximate surface area is 96.2 Å². The van der Waals surface area contributed by atoms with Crippen LogP contribution < -0.4 is 20.5 Å². The van der Waals surface area contributed by atoms with Crippen LogP contribution in [0.3, 0.4) is 0 Å². The first-order chi connectivity index (χ1) is 7.65. The van der Waals surface area contributed by atoms with Crippen molar-refractivity contribution in [1.82, 2.24) is 20.5 Å². The third kappa shape index (κ3) is 6.34. The summed E-state index contributed by atoms with van der Waals surface area (Å²) < 4.78 is 22.0. The molecule has 0 saturated carbocycles. The second-order valence-corrected chi connectivity index (χ2v) is 4.14. The van der Waals surface area contributed by atoms with Crippen LogP contribution in [0.15, 0.2) is 0 Å². The van der Waals surface area contributed by atoms with Gasteiger partial charge in [-0.1, -0.05) is 0 Å². The summed E-state index contributed by atoms with van der Waals surface area (Å²) in [5.74, 6) is -4.21. The molecule has 96 valence electrons. The number of rotatable bonds is 6. The van der Waals surface area contributed by atoms with E-state index in [1.807, 2.05) is 0 Å². The molecule has 0 aromatic heterocycles. The van der Waals surface area contributed by atoms with Crippen LogP contribution in [-0.4, -0.2) is 31.8 Å². The maximum Gasteiger partial charge on any atom is 0.310 e. The molecule has 0 aromatic carbocycles. The van der Waals surface area contributed by atoms with Crippen LogP contribution in [-0.2, 0) is 29.4 Å². The highest BCUT2D eigenvalue weighted by Crippen LogP contribution is 1.73. The Morgan fingerprint density at radius 3 is 1.29 bits per heavy atom. The molecule has 0 saturated heterocycles. The van der Waals surface area contributed by atoms with E-state index in [-0.39, 0.29) is 0 Å². The fraction of sp³-hybridized carbons (Fsp3) is 0.333. The van der Waals surface area contributed by atoms with Crippen LogP contribution in [0.2, 0.25) is 0 Å². The molecular formula is C6H10N4O6S. The lowest BCUT2D eigenvalue weighted by Gasteiger charge is -2.08. The van der Waals surface area contributed by atoms with Gasteiger partial charge in [0.05, 0.1) is 0 Å². The zero-order chi connectivity index (χ0) is 13.6. The van der Waals surface area contributed by atoms with Gasteiger partial charge >= 0.3 is 22.0 Å². The molecule has 0 aliphatic heterocycles. The summed E-state index contributed by atoms with van der Waals surface area (Å²) in [6.07, 6.45) is 0. The van der Waals surface area contributed by atoms with Crippen LogP contribution in [0.1, 0.15) is 13.8 Å². The summed E-state index contributed by atoms with van der Waals surface area (Å²) >= 11 is 0. The minimum absolute atomic E-state index is 0.916. The van der Waals surface area contributed by atoms with Crippen molar-refractivity contribution in [2.24, 2.45) is 0 Å². The lowest BCUT2D eigenvalue weighted by atomic mass is 10.4. The molecule has 2 amide bonds. The number of hydrogen-bond acceptors (Lipinski definition) is 6. The Morgan fingerprint density at radius 2 is 1.06 bits per heavy atom. The zero-order valence-electron chi connectivity index (χ0n) is 8.86. The van der Waals surface area contributed by atoms with E-state index in [9.17, 15) is 27.6 Å². The van der Waals surface area contributed by atoms with Crippen molar-refractivity contribution in [2.75, 3.05) is 0 Å². The molecule has 0 radical (unpaired) electrons. The third-order valence-electron chi connectivity index (χ3n) is 1.24. The van der Waals surface area contributed by atoms with Gasteiger partial charge in [0, 0.05) is 13.8 Å². The molecule has 10 nitrogen and oxygen atoms in total. The fourth-order valence-corrected chi connectivity index (χ4v) is 0.934. The first kappa shape index (κ1) is 15.2. The maximum absolute atomic E-state index is 11.0. The van der Waals surface area contributed by atoms with Gasteiger partial charge in [0.25, 0.3) is 0 Å². The van der Waals surface area contributed by atoms with Gasteiger partial charge in [0.2, 0.25) is 11.6 Å². The largest absolute Gasteiger partial charge is 0.310 e. The summed E-state index contributed by atoms with van der Waals surface area (Å²) in [4.78, 5) is 45.1. The van der Waals surface area contributed by atoms with E-state index in [0.717, 1.165) is 13.8 Å². The van der Waals surface area contributed by atoms with Gasteiger partial charge in [-0.05, 0) is 0 Å². The Hall–Kier alpha value is -1.85. The monoisotopic (exact) mass is 266 g/mol. The van der Waals surface area contributed by atoms with Crippen molar-refractivity contribution in [1.29, 1.82) is 0 Å². The number of hydrazine groups is 2. The summed E-state index contributed by atoms with van der Waals surface area (Å²) in [7, 11) is -4.31. The molecular weight excluding hydrogens is 256 g/mol. The second kappa shape index (κ2) is 6.03. The SMILES string of the molecule is CC(=O)C(=O)NNS(=O)(=O)NNC(=O)C(C)=O. The van der Waals surface area contributed by atoms with Crippen LogP contribution in [0.5, 0.6) is 0 Å². The summed E-state index contributed by atoms with van der Waals surface area (Å²) in [5.41, 5.74) is 3.10. The van der Waals surface area contributed by atoms with Gasteiger partial charge in [0.1, 0.15) is 0 Å². The van der Waals surface area contributed by atoms with Gasteiger partial charge in [-0.25, -0.2) is 0 Å². The average molecular weight is 266 g/mol. The summed E-state index contributed by atoms with van der Waals surface area (Å²) in [5, 5.41) is 0. The molecule has 0 atom stereocenters.